The molecule has 10 heteroatoms. The molecule has 2 rings (SSSR count). The smallest absolute Gasteiger partial charge is 0.355 e. The van der Waals surface area contributed by atoms with Crippen LogP contribution in [-0.4, -0.2) is 40.3 Å². The van der Waals surface area contributed by atoms with E-state index >= 15 is 0 Å². The van der Waals surface area contributed by atoms with Crippen LogP contribution in [0.25, 0.3) is 0 Å². The van der Waals surface area contributed by atoms with Gasteiger partial charge in [0.15, 0.2) is 5.96 Å². The molecule has 1 fully saturated rings. The molecular weight excluding hydrogens is 381 g/mol. The minimum atomic E-state index is -4.36. The Bertz CT molecular complexity index is 730. The van der Waals surface area contributed by atoms with Crippen LogP contribution in [0.5, 0.6) is 0 Å². The average Bonchev–Trinajstić information content (AvgIpc) is 2.56. The van der Waals surface area contributed by atoms with Crippen LogP contribution in [0.2, 0.25) is 0 Å². The minimum absolute atomic E-state index is 0.0826. The number of guanidine groups is 1. The Morgan fingerprint density at radius 3 is 2.37 bits per heavy atom. The number of hydrogen-bond donors (Lipinski definition) is 3. The van der Waals surface area contributed by atoms with E-state index in [1.54, 1.807) is 0 Å². The van der Waals surface area contributed by atoms with Crippen molar-refractivity contribution in [3.63, 3.8) is 0 Å². The molecule has 152 valence electrons. The highest BCUT2D eigenvalue weighted by molar-refractivity contribution is 7.89. The molecule has 0 radical (unpaired) electrons. The largest absolute Gasteiger partial charge is 0.416 e. The summed E-state index contributed by atoms with van der Waals surface area (Å²) >= 11 is 0. The van der Waals surface area contributed by atoms with Crippen LogP contribution in [0.4, 0.5) is 13.2 Å². The van der Waals surface area contributed by atoms with Gasteiger partial charge in [-0.15, -0.1) is 0 Å². The van der Waals surface area contributed by atoms with Gasteiger partial charge in [0, 0.05) is 26.7 Å². The maximum atomic E-state index is 12.5. The van der Waals surface area contributed by atoms with Crippen molar-refractivity contribution in [3.8, 4) is 0 Å². The zero-order chi connectivity index (χ0) is 19.9. The van der Waals surface area contributed by atoms with Gasteiger partial charge in [-0.1, -0.05) is 18.6 Å². The summed E-state index contributed by atoms with van der Waals surface area (Å²) in [5, 5.41) is 5.83. The van der Waals surface area contributed by atoms with E-state index in [-0.39, 0.29) is 18.8 Å². The fourth-order valence-electron chi connectivity index (χ4n) is 2.54. The van der Waals surface area contributed by atoms with Gasteiger partial charge in [0.1, 0.15) is 0 Å². The van der Waals surface area contributed by atoms with Crippen LogP contribution in [0.3, 0.4) is 0 Å². The van der Waals surface area contributed by atoms with Gasteiger partial charge in [-0.2, -0.15) is 13.2 Å². The number of aliphatic imine (C=N–C) groups is 1. The van der Waals surface area contributed by atoms with Crippen molar-refractivity contribution in [2.45, 2.75) is 32.0 Å². The van der Waals surface area contributed by atoms with Gasteiger partial charge in [-0.3, -0.25) is 4.99 Å². The number of rotatable bonds is 8. The highest BCUT2D eigenvalue weighted by atomic mass is 32.2. The SMILES string of the molecule is CN=C(NCCS(=O)(=O)NCC1CCC1)NCc1ccc(C(F)(F)F)cc1. The fourth-order valence-corrected chi connectivity index (χ4v) is 3.54. The molecule has 0 unspecified atom stereocenters. The van der Waals surface area contributed by atoms with Crippen LogP contribution in [0.15, 0.2) is 29.3 Å². The first kappa shape index (κ1) is 21.5. The van der Waals surface area contributed by atoms with Crippen LogP contribution < -0.4 is 15.4 Å². The molecule has 0 spiro atoms. The predicted molar refractivity (Wildman–Crippen MR) is 98.8 cm³/mol. The van der Waals surface area contributed by atoms with Crippen molar-refractivity contribution in [1.29, 1.82) is 0 Å². The summed E-state index contributed by atoms with van der Waals surface area (Å²) in [7, 11) is -1.81. The lowest BCUT2D eigenvalue weighted by Gasteiger charge is -2.25. The Morgan fingerprint density at radius 2 is 1.85 bits per heavy atom. The molecule has 1 aromatic carbocycles. The van der Waals surface area contributed by atoms with E-state index in [4.69, 9.17) is 0 Å². The van der Waals surface area contributed by atoms with Crippen molar-refractivity contribution >= 4 is 16.0 Å². The molecule has 0 saturated heterocycles. The Hall–Kier alpha value is -1.81. The summed E-state index contributed by atoms with van der Waals surface area (Å²) in [5.74, 6) is 0.746. The third-order valence-electron chi connectivity index (χ3n) is 4.44. The lowest BCUT2D eigenvalue weighted by atomic mass is 9.86. The first-order chi connectivity index (χ1) is 12.7. The number of sulfonamides is 1. The van der Waals surface area contributed by atoms with Gasteiger partial charge >= 0.3 is 6.18 Å². The molecule has 0 bridgehead atoms. The summed E-state index contributed by atoms with van der Waals surface area (Å²) in [6.45, 7) is 0.931. The molecule has 0 heterocycles. The molecular formula is C17H25F3N4O2S. The molecule has 0 aliphatic heterocycles. The first-order valence-corrected chi connectivity index (χ1v) is 10.4. The van der Waals surface area contributed by atoms with Crippen molar-refractivity contribution in [3.05, 3.63) is 35.4 Å². The van der Waals surface area contributed by atoms with Gasteiger partial charge in [-0.25, -0.2) is 13.1 Å². The van der Waals surface area contributed by atoms with Crippen molar-refractivity contribution in [2.24, 2.45) is 10.9 Å². The molecule has 6 nitrogen and oxygen atoms in total. The first-order valence-electron chi connectivity index (χ1n) is 8.77. The van der Waals surface area contributed by atoms with Gasteiger partial charge in [0.25, 0.3) is 0 Å². The highest BCUT2D eigenvalue weighted by Crippen LogP contribution is 2.29. The summed E-state index contributed by atoms with van der Waals surface area (Å²) < 4.78 is 64.1. The van der Waals surface area contributed by atoms with E-state index in [0.29, 0.717) is 24.0 Å². The number of hydrogen-bond acceptors (Lipinski definition) is 3. The number of benzene rings is 1. The Kier molecular flexibility index (Phi) is 7.49. The summed E-state index contributed by atoms with van der Waals surface area (Å²) in [5.41, 5.74) is -0.0471. The molecule has 0 amide bonds. The van der Waals surface area contributed by atoms with Gasteiger partial charge < -0.3 is 10.6 Å². The standard InChI is InChI=1S/C17H25F3N4O2S/c1-21-16(22-9-10-27(25,26)24-12-13-3-2-4-13)23-11-14-5-7-15(8-6-14)17(18,19)20/h5-8,13,24H,2-4,9-12H2,1H3,(H2,21,22,23). The van der Waals surface area contributed by atoms with E-state index in [1.165, 1.54) is 19.2 Å². The minimum Gasteiger partial charge on any atom is -0.355 e. The normalized spacial score (nSPS) is 16.1. The summed E-state index contributed by atoms with van der Waals surface area (Å²) in [4.78, 5) is 3.98. The second-order valence-electron chi connectivity index (χ2n) is 6.51. The molecule has 0 atom stereocenters. The maximum Gasteiger partial charge on any atom is 0.416 e. The zero-order valence-corrected chi connectivity index (χ0v) is 16.0. The molecule has 0 aromatic heterocycles. The molecule has 1 aromatic rings. The fraction of sp³-hybridized carbons (Fsp3) is 0.588. The van der Waals surface area contributed by atoms with Crippen molar-refractivity contribution < 1.29 is 21.6 Å². The zero-order valence-electron chi connectivity index (χ0n) is 15.1. The monoisotopic (exact) mass is 406 g/mol. The molecule has 27 heavy (non-hydrogen) atoms. The average molecular weight is 406 g/mol. The van der Waals surface area contributed by atoms with E-state index in [1.807, 2.05) is 0 Å². The Balaban J connectivity index is 1.72. The molecule has 1 aliphatic rings. The number of nitrogens with one attached hydrogen (secondary N) is 3. The molecule has 3 N–H and O–H groups in total. The third kappa shape index (κ3) is 7.37. The quantitative estimate of drug-likeness (QED) is 0.456. The number of nitrogens with zero attached hydrogens (tertiary/aromatic N) is 1. The molecule has 1 aliphatic carbocycles. The lowest BCUT2D eigenvalue weighted by Crippen LogP contribution is -2.41. The summed E-state index contributed by atoms with van der Waals surface area (Å²) in [6, 6.07) is 4.82. The van der Waals surface area contributed by atoms with E-state index in [0.717, 1.165) is 31.4 Å². The van der Waals surface area contributed by atoms with E-state index < -0.39 is 21.8 Å². The maximum absolute atomic E-state index is 12.5. The van der Waals surface area contributed by atoms with Crippen LogP contribution in [-0.2, 0) is 22.7 Å². The van der Waals surface area contributed by atoms with Crippen LogP contribution >= 0.6 is 0 Å². The van der Waals surface area contributed by atoms with E-state index in [2.05, 4.69) is 20.3 Å². The topological polar surface area (TPSA) is 82.6 Å². The van der Waals surface area contributed by atoms with Gasteiger partial charge in [-0.05, 0) is 36.5 Å². The predicted octanol–water partition coefficient (Wildman–Crippen LogP) is 2.09. The van der Waals surface area contributed by atoms with Crippen LogP contribution in [0, 0.1) is 5.92 Å². The Morgan fingerprint density at radius 1 is 1.19 bits per heavy atom. The Labute approximate surface area is 157 Å². The molecule has 1 saturated carbocycles. The van der Waals surface area contributed by atoms with Gasteiger partial charge in [0.05, 0.1) is 11.3 Å². The number of halogens is 3. The highest BCUT2D eigenvalue weighted by Gasteiger charge is 2.29. The third-order valence-corrected chi connectivity index (χ3v) is 5.79. The number of alkyl halides is 3. The van der Waals surface area contributed by atoms with Crippen molar-refractivity contribution in [1.82, 2.24) is 15.4 Å². The van der Waals surface area contributed by atoms with Crippen LogP contribution in [0.1, 0.15) is 30.4 Å². The van der Waals surface area contributed by atoms with E-state index in [9.17, 15) is 21.6 Å². The van der Waals surface area contributed by atoms with Crippen molar-refractivity contribution in [2.75, 3.05) is 25.9 Å². The lowest BCUT2D eigenvalue weighted by molar-refractivity contribution is -0.137. The second kappa shape index (κ2) is 9.41. The van der Waals surface area contributed by atoms with Gasteiger partial charge in [0.2, 0.25) is 10.0 Å². The summed E-state index contributed by atoms with van der Waals surface area (Å²) in [6.07, 6.45) is -1.06. The second-order valence-corrected chi connectivity index (χ2v) is 8.44.